The summed E-state index contributed by atoms with van der Waals surface area (Å²) in [4.78, 5) is 0. The van der Waals surface area contributed by atoms with Crippen molar-refractivity contribution in [2.24, 2.45) is 0 Å². The van der Waals surface area contributed by atoms with E-state index in [0.717, 1.165) is 0 Å². The van der Waals surface area contributed by atoms with Gasteiger partial charge in [0.15, 0.2) is 11.6 Å². The Hall–Kier alpha value is -0.240. The minimum absolute atomic E-state index is 0.151. The predicted molar refractivity (Wildman–Crippen MR) is 73.5 cm³/mol. The van der Waals surface area contributed by atoms with Gasteiger partial charge in [0, 0.05) is 6.42 Å². The highest BCUT2D eigenvalue weighted by Crippen LogP contribution is 2.49. The maximum Gasteiger partial charge on any atom is 0.200 e. The number of aliphatic hydroxyl groups excluding tert-OH is 1. The molecule has 0 unspecified atom stereocenters. The quantitative estimate of drug-likeness (QED) is 0.853. The first kappa shape index (κ1) is 15.6. The molecule has 0 aliphatic carbocycles. The van der Waals surface area contributed by atoms with Gasteiger partial charge in [0.2, 0.25) is 5.79 Å². The second-order valence-corrected chi connectivity index (χ2v) is 7.19. The van der Waals surface area contributed by atoms with E-state index in [1.165, 1.54) is 0 Å². The van der Waals surface area contributed by atoms with E-state index in [4.69, 9.17) is 23.7 Å². The Bertz CT molecular complexity index is 407. The topological polar surface area (TPSA) is 66.4 Å². The highest BCUT2D eigenvalue weighted by molar-refractivity contribution is 5.03. The third kappa shape index (κ3) is 2.85. The number of aliphatic hydroxyl groups is 1. The van der Waals surface area contributed by atoms with Gasteiger partial charge < -0.3 is 28.8 Å². The molecule has 3 fully saturated rings. The van der Waals surface area contributed by atoms with Gasteiger partial charge in [-0.2, -0.15) is 0 Å². The van der Waals surface area contributed by atoms with Crippen LogP contribution in [0.25, 0.3) is 0 Å². The number of rotatable bonds is 3. The van der Waals surface area contributed by atoms with Crippen molar-refractivity contribution in [1.82, 2.24) is 0 Å². The Morgan fingerprint density at radius 3 is 2.48 bits per heavy atom. The summed E-state index contributed by atoms with van der Waals surface area (Å²) in [5, 5.41) is 9.59. The molecule has 3 aliphatic rings. The molecule has 0 radical (unpaired) electrons. The lowest BCUT2D eigenvalue weighted by atomic mass is 9.92. The molecule has 0 aromatic rings. The van der Waals surface area contributed by atoms with Crippen LogP contribution in [0.5, 0.6) is 0 Å². The van der Waals surface area contributed by atoms with Crippen molar-refractivity contribution < 1.29 is 28.8 Å². The molecule has 5 atom stereocenters. The van der Waals surface area contributed by atoms with Gasteiger partial charge in [0.25, 0.3) is 0 Å². The number of hydrogen-bond acceptors (Lipinski definition) is 6. The Kier molecular flexibility index (Phi) is 3.63. The normalized spacial score (nSPS) is 45.1. The molecule has 1 N–H and O–H groups in total. The van der Waals surface area contributed by atoms with E-state index in [-0.39, 0.29) is 18.3 Å². The summed E-state index contributed by atoms with van der Waals surface area (Å²) in [6.45, 7) is 9.69. The van der Waals surface area contributed by atoms with E-state index in [9.17, 15) is 5.11 Å². The van der Waals surface area contributed by atoms with Crippen LogP contribution in [-0.2, 0) is 23.7 Å². The Balaban J connectivity index is 1.84. The Morgan fingerprint density at radius 2 is 1.81 bits per heavy atom. The maximum atomic E-state index is 9.59. The SMILES string of the molecule is C[C@@H](O)CC[C@@]12OC[C@H]3OC(C)(C)O[C@H]3[C@@H]1OC(C)(C)O2. The van der Waals surface area contributed by atoms with Crippen LogP contribution in [0.15, 0.2) is 0 Å². The first-order valence-corrected chi connectivity index (χ1v) is 7.68. The molecule has 3 rings (SSSR count). The zero-order valence-electron chi connectivity index (χ0n) is 13.4. The first-order chi connectivity index (χ1) is 9.63. The smallest absolute Gasteiger partial charge is 0.200 e. The third-order valence-electron chi connectivity index (χ3n) is 4.19. The van der Waals surface area contributed by atoms with E-state index in [1.54, 1.807) is 6.92 Å². The second kappa shape index (κ2) is 4.88. The monoisotopic (exact) mass is 302 g/mol. The fourth-order valence-corrected chi connectivity index (χ4v) is 3.47. The zero-order valence-corrected chi connectivity index (χ0v) is 13.4. The summed E-state index contributed by atoms with van der Waals surface area (Å²) < 4.78 is 30.0. The average molecular weight is 302 g/mol. The minimum Gasteiger partial charge on any atom is -0.393 e. The third-order valence-corrected chi connectivity index (χ3v) is 4.19. The fraction of sp³-hybridized carbons (Fsp3) is 1.00. The Labute approximate surface area is 125 Å². The molecule has 0 aromatic carbocycles. The van der Waals surface area contributed by atoms with Crippen LogP contribution in [0.1, 0.15) is 47.5 Å². The van der Waals surface area contributed by atoms with Gasteiger partial charge in [-0.3, -0.25) is 0 Å². The molecule has 0 amide bonds. The van der Waals surface area contributed by atoms with Crippen LogP contribution in [0, 0.1) is 0 Å². The van der Waals surface area contributed by atoms with E-state index >= 15 is 0 Å². The molecule has 21 heavy (non-hydrogen) atoms. The zero-order chi connectivity index (χ0) is 15.5. The van der Waals surface area contributed by atoms with Gasteiger partial charge in [-0.15, -0.1) is 0 Å². The lowest BCUT2D eigenvalue weighted by Gasteiger charge is -2.41. The van der Waals surface area contributed by atoms with Crippen LogP contribution < -0.4 is 0 Å². The summed E-state index contributed by atoms with van der Waals surface area (Å²) in [6.07, 6.45) is 0.00732. The van der Waals surface area contributed by atoms with Gasteiger partial charge in [0.1, 0.15) is 18.3 Å². The number of hydrogen-bond donors (Lipinski definition) is 1. The standard InChI is InChI=1S/C15H26O6/c1-9(16)6-7-15-12(20-14(4,5)21-15)11-10(8-17-15)18-13(2,3)19-11/h9-12,16H,6-8H2,1-5H3/t9-,10-,11-,12+,15+/m1/s1. The van der Waals surface area contributed by atoms with Gasteiger partial charge in [0.05, 0.1) is 12.7 Å². The van der Waals surface area contributed by atoms with Crippen LogP contribution in [-0.4, -0.2) is 53.5 Å². The summed E-state index contributed by atoms with van der Waals surface area (Å²) >= 11 is 0. The molecule has 0 bridgehead atoms. The van der Waals surface area contributed by atoms with Crippen LogP contribution in [0.4, 0.5) is 0 Å². The van der Waals surface area contributed by atoms with Gasteiger partial charge >= 0.3 is 0 Å². The average Bonchev–Trinajstić information content (AvgIpc) is 2.78. The molecule has 6 nitrogen and oxygen atoms in total. The van der Waals surface area contributed by atoms with Crippen LogP contribution in [0.2, 0.25) is 0 Å². The highest BCUT2D eigenvalue weighted by Gasteiger charge is 2.64. The molecular weight excluding hydrogens is 276 g/mol. The molecule has 6 heteroatoms. The van der Waals surface area contributed by atoms with Crippen molar-refractivity contribution in [3.8, 4) is 0 Å². The summed E-state index contributed by atoms with van der Waals surface area (Å²) in [5.41, 5.74) is 0. The second-order valence-electron chi connectivity index (χ2n) is 7.19. The van der Waals surface area contributed by atoms with Crippen LogP contribution in [0.3, 0.4) is 0 Å². The molecule has 122 valence electrons. The Morgan fingerprint density at radius 1 is 1.10 bits per heavy atom. The van der Waals surface area contributed by atoms with Gasteiger partial charge in [-0.1, -0.05) is 0 Å². The van der Waals surface area contributed by atoms with Gasteiger partial charge in [-0.05, 0) is 41.0 Å². The van der Waals surface area contributed by atoms with E-state index in [0.29, 0.717) is 19.4 Å². The highest BCUT2D eigenvalue weighted by atomic mass is 16.9. The molecule has 0 aromatic heterocycles. The van der Waals surface area contributed by atoms with Crippen molar-refractivity contribution in [1.29, 1.82) is 0 Å². The largest absolute Gasteiger partial charge is 0.393 e. The van der Waals surface area contributed by atoms with E-state index in [2.05, 4.69) is 0 Å². The number of fused-ring (bicyclic) bond motifs is 3. The van der Waals surface area contributed by atoms with E-state index < -0.39 is 23.5 Å². The molecular formula is C15H26O6. The molecule has 3 heterocycles. The molecule has 3 aliphatic heterocycles. The minimum atomic E-state index is -0.870. The maximum absolute atomic E-state index is 9.59. The van der Waals surface area contributed by atoms with Crippen molar-refractivity contribution in [2.75, 3.05) is 6.61 Å². The van der Waals surface area contributed by atoms with Crippen LogP contribution >= 0.6 is 0 Å². The number of ether oxygens (including phenoxy) is 5. The predicted octanol–water partition coefficient (Wildman–Crippen LogP) is 1.55. The summed E-state index contributed by atoms with van der Waals surface area (Å²) in [5.74, 6) is -2.26. The fourth-order valence-electron chi connectivity index (χ4n) is 3.47. The van der Waals surface area contributed by atoms with Gasteiger partial charge in [-0.25, -0.2) is 0 Å². The molecule has 3 saturated heterocycles. The van der Waals surface area contributed by atoms with Crippen molar-refractivity contribution >= 4 is 0 Å². The molecule has 0 spiro atoms. The summed E-state index contributed by atoms with van der Waals surface area (Å²) in [7, 11) is 0. The van der Waals surface area contributed by atoms with Crippen molar-refractivity contribution in [2.45, 2.75) is 89.2 Å². The van der Waals surface area contributed by atoms with E-state index in [1.807, 2.05) is 27.7 Å². The van der Waals surface area contributed by atoms with Crippen molar-refractivity contribution in [3.05, 3.63) is 0 Å². The lowest BCUT2D eigenvalue weighted by Crippen LogP contribution is -2.58. The summed E-state index contributed by atoms with van der Waals surface area (Å²) in [6, 6.07) is 0. The van der Waals surface area contributed by atoms with Crippen molar-refractivity contribution in [3.63, 3.8) is 0 Å². The lowest BCUT2D eigenvalue weighted by molar-refractivity contribution is -0.285. The first-order valence-electron chi connectivity index (χ1n) is 7.68. The molecule has 0 saturated carbocycles.